The van der Waals surface area contributed by atoms with Gasteiger partial charge in [-0.1, -0.05) is 11.6 Å². The van der Waals surface area contributed by atoms with E-state index in [2.05, 4.69) is 15.9 Å². The SMILES string of the molecule is CC(N)C(=O)c1ccc(Br)c(Cl)c1O. The van der Waals surface area contributed by atoms with E-state index in [9.17, 15) is 9.90 Å². The molecule has 0 aliphatic rings. The highest BCUT2D eigenvalue weighted by Gasteiger charge is 2.18. The lowest BCUT2D eigenvalue weighted by atomic mass is 10.1. The van der Waals surface area contributed by atoms with E-state index in [0.717, 1.165) is 0 Å². The van der Waals surface area contributed by atoms with Gasteiger partial charge in [-0.05, 0) is 35.0 Å². The number of hydrogen-bond donors (Lipinski definition) is 2. The van der Waals surface area contributed by atoms with Crippen LogP contribution in [0, 0.1) is 0 Å². The van der Waals surface area contributed by atoms with Crippen LogP contribution >= 0.6 is 27.5 Å². The van der Waals surface area contributed by atoms with Gasteiger partial charge in [0.25, 0.3) is 0 Å². The van der Waals surface area contributed by atoms with E-state index in [0.29, 0.717) is 4.47 Å². The summed E-state index contributed by atoms with van der Waals surface area (Å²) in [4.78, 5) is 11.5. The lowest BCUT2D eigenvalue weighted by Crippen LogP contribution is -2.26. The van der Waals surface area contributed by atoms with Crippen molar-refractivity contribution in [1.82, 2.24) is 0 Å². The van der Waals surface area contributed by atoms with Crippen LogP contribution in [-0.2, 0) is 0 Å². The Kier molecular flexibility index (Phi) is 3.53. The van der Waals surface area contributed by atoms with Crippen LogP contribution < -0.4 is 5.73 Å². The lowest BCUT2D eigenvalue weighted by Gasteiger charge is -2.08. The van der Waals surface area contributed by atoms with Crippen molar-refractivity contribution in [1.29, 1.82) is 0 Å². The van der Waals surface area contributed by atoms with Gasteiger partial charge >= 0.3 is 0 Å². The summed E-state index contributed by atoms with van der Waals surface area (Å²) in [6.45, 7) is 1.55. The fourth-order valence-corrected chi connectivity index (χ4v) is 1.47. The number of rotatable bonds is 2. The van der Waals surface area contributed by atoms with Crippen LogP contribution in [0.2, 0.25) is 5.02 Å². The average Bonchev–Trinajstić information content (AvgIpc) is 2.13. The third-order valence-electron chi connectivity index (χ3n) is 1.75. The molecule has 5 heteroatoms. The molecule has 0 aliphatic carbocycles. The minimum absolute atomic E-state index is 0.122. The van der Waals surface area contributed by atoms with Gasteiger partial charge in [-0.25, -0.2) is 0 Å². The molecule has 76 valence electrons. The zero-order chi connectivity index (χ0) is 10.9. The molecule has 0 radical (unpaired) electrons. The summed E-state index contributed by atoms with van der Waals surface area (Å²) in [5.74, 6) is -0.569. The molecule has 0 saturated carbocycles. The Balaban J connectivity index is 3.24. The van der Waals surface area contributed by atoms with Crippen molar-refractivity contribution < 1.29 is 9.90 Å². The highest BCUT2D eigenvalue weighted by molar-refractivity contribution is 9.10. The Bertz CT molecular complexity index is 379. The van der Waals surface area contributed by atoms with Gasteiger partial charge in [0.1, 0.15) is 5.75 Å². The van der Waals surface area contributed by atoms with Gasteiger partial charge < -0.3 is 10.8 Å². The summed E-state index contributed by atoms with van der Waals surface area (Å²) in [5, 5.41) is 9.68. The number of nitrogens with two attached hydrogens (primary N) is 1. The number of phenolic OH excluding ortho intramolecular Hbond substituents is 1. The third kappa shape index (κ3) is 2.08. The minimum atomic E-state index is -0.654. The zero-order valence-electron chi connectivity index (χ0n) is 7.42. The number of ketones is 1. The number of carbonyl (C=O) groups is 1. The maximum absolute atomic E-state index is 11.5. The van der Waals surface area contributed by atoms with Crippen LogP contribution in [0.5, 0.6) is 5.75 Å². The van der Waals surface area contributed by atoms with E-state index in [1.165, 1.54) is 6.07 Å². The van der Waals surface area contributed by atoms with Crippen LogP contribution in [0.3, 0.4) is 0 Å². The predicted molar refractivity (Wildman–Crippen MR) is 58.8 cm³/mol. The molecule has 1 unspecified atom stereocenters. The molecule has 1 rings (SSSR count). The summed E-state index contributed by atoms with van der Waals surface area (Å²) >= 11 is 8.87. The quantitative estimate of drug-likeness (QED) is 0.816. The molecular weight excluding hydrogens is 269 g/mol. The molecule has 0 fully saturated rings. The molecule has 1 aromatic rings. The molecule has 0 bridgehead atoms. The van der Waals surface area contributed by atoms with E-state index < -0.39 is 6.04 Å². The van der Waals surface area contributed by atoms with Crippen LogP contribution in [0.4, 0.5) is 0 Å². The molecule has 3 N–H and O–H groups in total. The Morgan fingerprint density at radius 3 is 2.71 bits per heavy atom. The molecule has 3 nitrogen and oxygen atoms in total. The zero-order valence-corrected chi connectivity index (χ0v) is 9.76. The van der Waals surface area contributed by atoms with Crippen LogP contribution in [-0.4, -0.2) is 16.9 Å². The van der Waals surface area contributed by atoms with Gasteiger partial charge in [-0.3, -0.25) is 4.79 Å². The fraction of sp³-hybridized carbons (Fsp3) is 0.222. The van der Waals surface area contributed by atoms with Crippen LogP contribution in [0.15, 0.2) is 16.6 Å². The minimum Gasteiger partial charge on any atom is -0.506 e. The topological polar surface area (TPSA) is 63.3 Å². The van der Waals surface area contributed by atoms with Gasteiger partial charge in [-0.2, -0.15) is 0 Å². The summed E-state index contributed by atoms with van der Waals surface area (Å²) < 4.78 is 0.540. The first-order chi connectivity index (χ1) is 6.45. The summed E-state index contributed by atoms with van der Waals surface area (Å²) in [7, 11) is 0. The molecular formula is C9H9BrClNO2. The lowest BCUT2D eigenvalue weighted by molar-refractivity contribution is 0.0965. The van der Waals surface area contributed by atoms with E-state index in [1.54, 1.807) is 13.0 Å². The maximum atomic E-state index is 11.5. The Morgan fingerprint density at radius 1 is 1.64 bits per heavy atom. The summed E-state index contributed by atoms with van der Waals surface area (Å²) in [5.41, 5.74) is 5.56. The average molecular weight is 279 g/mol. The Morgan fingerprint density at radius 2 is 2.21 bits per heavy atom. The number of benzene rings is 1. The van der Waals surface area contributed by atoms with Crippen molar-refractivity contribution in [2.24, 2.45) is 5.73 Å². The molecule has 0 aliphatic heterocycles. The Labute approximate surface area is 95.0 Å². The van der Waals surface area contributed by atoms with Crippen LogP contribution in [0.1, 0.15) is 17.3 Å². The molecule has 0 heterocycles. The number of halogens is 2. The highest BCUT2D eigenvalue weighted by atomic mass is 79.9. The first-order valence-electron chi connectivity index (χ1n) is 3.92. The standard InChI is InChI=1S/C9H9BrClNO2/c1-4(12)8(13)5-2-3-6(10)7(11)9(5)14/h2-4,14H,12H2,1H3. The predicted octanol–water partition coefficient (Wildman–Crippen LogP) is 2.34. The van der Waals surface area contributed by atoms with Crippen molar-refractivity contribution in [2.75, 3.05) is 0 Å². The molecule has 0 saturated heterocycles. The third-order valence-corrected chi connectivity index (χ3v) is 3.02. The van der Waals surface area contributed by atoms with Crippen molar-refractivity contribution in [3.63, 3.8) is 0 Å². The first kappa shape index (κ1) is 11.5. The number of Topliss-reactive ketones (excluding diaryl/α,β-unsaturated/α-hetero) is 1. The number of carbonyl (C=O) groups excluding carboxylic acids is 1. The van der Waals surface area contributed by atoms with Crippen molar-refractivity contribution in [2.45, 2.75) is 13.0 Å². The van der Waals surface area contributed by atoms with Gasteiger partial charge in [0.15, 0.2) is 5.78 Å². The van der Waals surface area contributed by atoms with Gasteiger partial charge in [0, 0.05) is 4.47 Å². The maximum Gasteiger partial charge on any atom is 0.182 e. The molecule has 0 amide bonds. The number of aromatic hydroxyl groups is 1. The molecule has 0 spiro atoms. The molecule has 1 atom stereocenters. The van der Waals surface area contributed by atoms with Gasteiger partial charge in [0.2, 0.25) is 0 Å². The second kappa shape index (κ2) is 4.29. The molecule has 0 aromatic heterocycles. The van der Waals surface area contributed by atoms with E-state index in [4.69, 9.17) is 17.3 Å². The van der Waals surface area contributed by atoms with Crippen molar-refractivity contribution in [3.8, 4) is 5.75 Å². The summed E-state index contributed by atoms with van der Waals surface area (Å²) in [6, 6.07) is 2.42. The van der Waals surface area contributed by atoms with Crippen molar-refractivity contribution >= 4 is 33.3 Å². The largest absolute Gasteiger partial charge is 0.506 e. The van der Waals surface area contributed by atoms with E-state index in [1.807, 2.05) is 0 Å². The smallest absolute Gasteiger partial charge is 0.182 e. The second-order valence-corrected chi connectivity index (χ2v) is 4.14. The number of phenols is 1. The van der Waals surface area contributed by atoms with Crippen LogP contribution in [0.25, 0.3) is 0 Å². The van der Waals surface area contributed by atoms with Crippen molar-refractivity contribution in [3.05, 3.63) is 27.2 Å². The summed E-state index contributed by atoms with van der Waals surface area (Å²) in [6.07, 6.45) is 0. The highest BCUT2D eigenvalue weighted by Crippen LogP contribution is 2.34. The normalized spacial score (nSPS) is 12.6. The van der Waals surface area contributed by atoms with E-state index >= 15 is 0 Å². The van der Waals surface area contributed by atoms with Gasteiger partial charge in [-0.15, -0.1) is 0 Å². The monoisotopic (exact) mass is 277 g/mol. The van der Waals surface area contributed by atoms with E-state index in [-0.39, 0.29) is 22.1 Å². The second-order valence-electron chi connectivity index (χ2n) is 2.91. The molecule has 1 aromatic carbocycles. The van der Waals surface area contributed by atoms with Gasteiger partial charge in [0.05, 0.1) is 16.6 Å². The Hall–Kier alpha value is -0.580. The number of hydrogen-bond acceptors (Lipinski definition) is 3. The first-order valence-corrected chi connectivity index (χ1v) is 5.09. The molecule has 14 heavy (non-hydrogen) atoms. The fourth-order valence-electron chi connectivity index (χ4n) is 0.984.